The number of amides is 1. The van der Waals surface area contributed by atoms with Gasteiger partial charge in [0.05, 0.1) is 0 Å². The second kappa shape index (κ2) is 9.73. The van der Waals surface area contributed by atoms with Crippen LogP contribution in [0.15, 0.2) is 30.5 Å². The van der Waals surface area contributed by atoms with Gasteiger partial charge in [-0.25, -0.2) is 0 Å². The van der Waals surface area contributed by atoms with E-state index in [1.165, 1.54) is 11.1 Å². The van der Waals surface area contributed by atoms with E-state index in [0.717, 1.165) is 57.0 Å². The zero-order valence-corrected chi connectivity index (χ0v) is 17.4. The van der Waals surface area contributed by atoms with Crippen LogP contribution >= 0.6 is 0 Å². The van der Waals surface area contributed by atoms with E-state index >= 15 is 0 Å². The topological polar surface area (TPSA) is 50.6 Å². The number of hydrogen-bond donors (Lipinski definition) is 0. The number of benzene rings is 1. The second-order valence-electron chi connectivity index (χ2n) is 7.62. The van der Waals surface area contributed by atoms with Gasteiger partial charge in [-0.1, -0.05) is 6.07 Å². The fraction of sp³-hybridized carbons (Fsp3) is 0.545. The van der Waals surface area contributed by atoms with Crippen molar-refractivity contribution in [1.29, 1.82) is 0 Å². The third-order valence-electron chi connectivity index (χ3n) is 5.61. The molecule has 1 fully saturated rings. The molecule has 3 rings (SSSR count). The lowest BCUT2D eigenvalue weighted by molar-refractivity contribution is -0.131. The maximum absolute atomic E-state index is 12.6. The SMILES string of the molecule is Cc1ccc(OCCN2CCCN(C(=O)CCc3ccnn3C)CC2)cc1C. The van der Waals surface area contributed by atoms with Crippen molar-refractivity contribution in [2.45, 2.75) is 33.1 Å². The van der Waals surface area contributed by atoms with Gasteiger partial charge in [0.25, 0.3) is 0 Å². The molecule has 0 unspecified atom stereocenters. The predicted molar refractivity (Wildman–Crippen MR) is 111 cm³/mol. The Morgan fingerprint density at radius 1 is 1.11 bits per heavy atom. The molecule has 0 spiro atoms. The molecule has 0 aliphatic carbocycles. The van der Waals surface area contributed by atoms with Crippen molar-refractivity contribution >= 4 is 5.91 Å². The number of aromatic nitrogens is 2. The fourth-order valence-corrected chi connectivity index (χ4v) is 3.58. The van der Waals surface area contributed by atoms with Crippen molar-refractivity contribution in [3.05, 3.63) is 47.3 Å². The average Bonchev–Trinajstić information content (AvgIpc) is 2.94. The summed E-state index contributed by atoms with van der Waals surface area (Å²) in [5.74, 6) is 1.18. The maximum Gasteiger partial charge on any atom is 0.223 e. The maximum atomic E-state index is 12.6. The lowest BCUT2D eigenvalue weighted by Gasteiger charge is -2.22. The van der Waals surface area contributed by atoms with Crippen LogP contribution in [0.5, 0.6) is 5.75 Å². The molecular weight excluding hydrogens is 352 g/mol. The van der Waals surface area contributed by atoms with Gasteiger partial charge in [0.15, 0.2) is 0 Å². The number of carbonyl (C=O) groups is 1. The summed E-state index contributed by atoms with van der Waals surface area (Å²) in [4.78, 5) is 17.0. The average molecular weight is 385 g/mol. The van der Waals surface area contributed by atoms with Crippen LogP contribution in [0.3, 0.4) is 0 Å². The van der Waals surface area contributed by atoms with Gasteiger partial charge in [0.2, 0.25) is 5.91 Å². The summed E-state index contributed by atoms with van der Waals surface area (Å²) < 4.78 is 7.76. The minimum atomic E-state index is 0.245. The van der Waals surface area contributed by atoms with Gasteiger partial charge >= 0.3 is 0 Å². The van der Waals surface area contributed by atoms with E-state index in [-0.39, 0.29) is 5.91 Å². The standard InChI is InChI=1S/C22H32N4O2/c1-18-5-7-21(17-19(18)2)28-16-15-25-11-4-12-26(14-13-25)22(27)8-6-20-9-10-23-24(20)3/h5,7,9-10,17H,4,6,8,11-16H2,1-3H3. The molecule has 6 nitrogen and oxygen atoms in total. The lowest BCUT2D eigenvalue weighted by atomic mass is 10.1. The van der Waals surface area contributed by atoms with E-state index in [9.17, 15) is 4.79 Å². The van der Waals surface area contributed by atoms with Crippen LogP contribution in [0, 0.1) is 13.8 Å². The number of carbonyl (C=O) groups excluding carboxylic acids is 1. The minimum absolute atomic E-state index is 0.245. The molecule has 0 atom stereocenters. The summed E-state index contributed by atoms with van der Waals surface area (Å²) in [5, 5.41) is 4.16. The van der Waals surface area contributed by atoms with E-state index < -0.39 is 0 Å². The molecule has 2 heterocycles. The van der Waals surface area contributed by atoms with Crippen molar-refractivity contribution in [2.75, 3.05) is 39.3 Å². The summed E-state index contributed by atoms with van der Waals surface area (Å²) in [5.41, 5.74) is 3.65. The quantitative estimate of drug-likeness (QED) is 0.736. The highest BCUT2D eigenvalue weighted by molar-refractivity contribution is 5.76. The van der Waals surface area contributed by atoms with Crippen LogP contribution in [-0.4, -0.2) is 64.8 Å². The summed E-state index contributed by atoms with van der Waals surface area (Å²) in [6, 6.07) is 8.21. The van der Waals surface area contributed by atoms with Crippen LogP contribution in [0.2, 0.25) is 0 Å². The minimum Gasteiger partial charge on any atom is -0.492 e. The highest BCUT2D eigenvalue weighted by Crippen LogP contribution is 2.16. The first-order chi connectivity index (χ1) is 13.5. The van der Waals surface area contributed by atoms with E-state index in [4.69, 9.17) is 4.74 Å². The third-order valence-corrected chi connectivity index (χ3v) is 5.61. The first-order valence-electron chi connectivity index (χ1n) is 10.2. The fourth-order valence-electron chi connectivity index (χ4n) is 3.58. The Labute approximate surface area is 168 Å². The van der Waals surface area contributed by atoms with E-state index in [1.54, 1.807) is 6.20 Å². The largest absolute Gasteiger partial charge is 0.492 e. The molecule has 0 radical (unpaired) electrons. The Bertz CT molecular complexity index is 787. The number of aryl methyl sites for hydroxylation is 4. The molecule has 1 aromatic heterocycles. The molecule has 152 valence electrons. The van der Waals surface area contributed by atoms with Gasteiger partial charge in [0.1, 0.15) is 12.4 Å². The van der Waals surface area contributed by atoms with E-state index in [2.05, 4.69) is 36.0 Å². The molecule has 1 saturated heterocycles. The van der Waals surface area contributed by atoms with Crippen LogP contribution in [-0.2, 0) is 18.3 Å². The van der Waals surface area contributed by atoms with Gasteiger partial charge in [-0.2, -0.15) is 5.10 Å². The summed E-state index contributed by atoms with van der Waals surface area (Å²) in [6.45, 7) is 9.36. The normalized spacial score (nSPS) is 15.5. The van der Waals surface area contributed by atoms with Crippen LogP contribution in [0.25, 0.3) is 0 Å². The number of ether oxygens (including phenoxy) is 1. The second-order valence-corrected chi connectivity index (χ2v) is 7.62. The van der Waals surface area contributed by atoms with Crippen molar-refractivity contribution < 1.29 is 9.53 Å². The van der Waals surface area contributed by atoms with Crippen LogP contribution < -0.4 is 4.74 Å². The first-order valence-corrected chi connectivity index (χ1v) is 10.2. The molecule has 2 aromatic rings. The third kappa shape index (κ3) is 5.58. The molecule has 1 aliphatic rings. The monoisotopic (exact) mass is 384 g/mol. The van der Waals surface area contributed by atoms with Gasteiger partial charge in [-0.3, -0.25) is 14.4 Å². The Kier molecular flexibility index (Phi) is 7.09. The van der Waals surface area contributed by atoms with Crippen LogP contribution in [0.1, 0.15) is 29.7 Å². The van der Waals surface area contributed by atoms with Crippen molar-refractivity contribution in [2.24, 2.45) is 7.05 Å². The summed E-state index contributed by atoms with van der Waals surface area (Å²) in [7, 11) is 1.92. The van der Waals surface area contributed by atoms with Crippen LogP contribution in [0.4, 0.5) is 0 Å². The lowest BCUT2D eigenvalue weighted by Crippen LogP contribution is -2.36. The van der Waals surface area contributed by atoms with Gasteiger partial charge in [-0.05, 0) is 56.0 Å². The molecule has 1 aliphatic heterocycles. The molecule has 6 heteroatoms. The van der Waals surface area contributed by atoms with Crippen molar-refractivity contribution in [3.8, 4) is 5.75 Å². The molecule has 28 heavy (non-hydrogen) atoms. The van der Waals surface area contributed by atoms with E-state index in [1.807, 2.05) is 28.8 Å². The number of hydrogen-bond acceptors (Lipinski definition) is 4. The summed E-state index contributed by atoms with van der Waals surface area (Å²) >= 11 is 0. The molecule has 0 saturated carbocycles. The Balaban J connectivity index is 1.39. The molecule has 1 amide bonds. The Morgan fingerprint density at radius 3 is 2.71 bits per heavy atom. The highest BCUT2D eigenvalue weighted by Gasteiger charge is 2.19. The molecule has 0 bridgehead atoms. The molecule has 0 N–H and O–H groups in total. The van der Waals surface area contributed by atoms with Gasteiger partial charge in [0, 0.05) is 58.1 Å². The van der Waals surface area contributed by atoms with Crippen molar-refractivity contribution in [1.82, 2.24) is 19.6 Å². The smallest absolute Gasteiger partial charge is 0.223 e. The molecular formula is C22H32N4O2. The Morgan fingerprint density at radius 2 is 1.96 bits per heavy atom. The van der Waals surface area contributed by atoms with Gasteiger partial charge in [-0.15, -0.1) is 0 Å². The number of rotatable bonds is 7. The van der Waals surface area contributed by atoms with Crippen molar-refractivity contribution in [3.63, 3.8) is 0 Å². The van der Waals surface area contributed by atoms with E-state index in [0.29, 0.717) is 13.0 Å². The summed E-state index contributed by atoms with van der Waals surface area (Å²) in [6.07, 6.45) is 4.10. The zero-order chi connectivity index (χ0) is 19.9. The molecule has 1 aromatic carbocycles. The first kappa shape index (κ1) is 20.4. The highest BCUT2D eigenvalue weighted by atomic mass is 16.5. The predicted octanol–water partition coefficient (Wildman–Crippen LogP) is 2.58. The zero-order valence-electron chi connectivity index (χ0n) is 17.4. The number of nitrogens with zero attached hydrogens (tertiary/aromatic N) is 4. The van der Waals surface area contributed by atoms with Gasteiger partial charge < -0.3 is 9.64 Å². The Hall–Kier alpha value is -2.34.